The summed E-state index contributed by atoms with van der Waals surface area (Å²) < 4.78 is 77.5. The smallest absolute Gasteiger partial charge is 0.362 e. The number of halogens is 7. The van der Waals surface area contributed by atoms with Crippen molar-refractivity contribution < 1.29 is 35.9 Å². The van der Waals surface area contributed by atoms with Gasteiger partial charge in [-0.2, -0.15) is 26.3 Å². The molecule has 1 aromatic carbocycles. The van der Waals surface area contributed by atoms with Crippen molar-refractivity contribution in [3.05, 3.63) is 29.3 Å². The van der Waals surface area contributed by atoms with Gasteiger partial charge in [-0.3, -0.25) is 4.79 Å². The Labute approximate surface area is 133 Å². The quantitative estimate of drug-likeness (QED) is 0.787. The Morgan fingerprint density at radius 2 is 1.74 bits per heavy atom. The first-order chi connectivity index (χ1) is 10.0. The van der Waals surface area contributed by atoms with Gasteiger partial charge >= 0.3 is 12.4 Å². The van der Waals surface area contributed by atoms with E-state index in [9.17, 15) is 31.1 Å². The van der Waals surface area contributed by atoms with Crippen molar-refractivity contribution in [1.82, 2.24) is 0 Å². The highest BCUT2D eigenvalue weighted by Gasteiger charge is 2.31. The largest absolute Gasteiger partial charge is 0.416 e. The summed E-state index contributed by atoms with van der Waals surface area (Å²) in [6.07, 6.45) is -9.24. The van der Waals surface area contributed by atoms with E-state index in [2.05, 4.69) is 4.74 Å². The van der Waals surface area contributed by atoms with E-state index in [0.717, 1.165) is 6.07 Å². The van der Waals surface area contributed by atoms with E-state index in [1.54, 1.807) is 0 Å². The molecule has 23 heavy (non-hydrogen) atoms. The summed E-state index contributed by atoms with van der Waals surface area (Å²) in [7, 11) is 0. The number of amides is 1. The van der Waals surface area contributed by atoms with Crippen molar-refractivity contribution in [2.45, 2.75) is 18.9 Å². The van der Waals surface area contributed by atoms with Crippen LogP contribution in [0.5, 0.6) is 0 Å². The first-order valence-electron chi connectivity index (χ1n) is 5.87. The van der Waals surface area contributed by atoms with Crippen molar-refractivity contribution in [2.75, 3.05) is 18.5 Å². The molecule has 11 heteroatoms. The zero-order valence-electron chi connectivity index (χ0n) is 11.4. The third kappa shape index (κ3) is 8.05. The molecule has 0 heterocycles. The maximum atomic E-state index is 12.7. The van der Waals surface area contributed by atoms with Gasteiger partial charge in [-0.25, -0.2) is 0 Å². The molecule has 0 aliphatic heterocycles. The third-order valence-electron chi connectivity index (χ3n) is 2.34. The first-order valence-corrected chi connectivity index (χ1v) is 5.87. The Bertz CT molecular complexity index is 533. The second-order valence-electron chi connectivity index (χ2n) is 4.28. The number of ether oxygens (including phenoxy) is 1. The van der Waals surface area contributed by atoms with Crippen LogP contribution in [-0.2, 0) is 22.3 Å². The van der Waals surface area contributed by atoms with E-state index in [-0.39, 0.29) is 30.2 Å². The van der Waals surface area contributed by atoms with Gasteiger partial charge in [0.25, 0.3) is 0 Å². The van der Waals surface area contributed by atoms with Gasteiger partial charge in [0.15, 0.2) is 0 Å². The summed E-state index contributed by atoms with van der Waals surface area (Å²) in [5.41, 5.74) is 4.12. The maximum absolute atomic E-state index is 12.7. The lowest BCUT2D eigenvalue weighted by atomic mass is 10.1. The molecular formula is C12H13ClF6N2O2. The number of nitrogens with two attached hydrogens (primary N) is 1. The fourth-order valence-electron chi connectivity index (χ4n) is 1.50. The van der Waals surface area contributed by atoms with E-state index < -0.39 is 37.0 Å². The normalized spacial score (nSPS) is 11.8. The molecule has 0 unspecified atom stereocenters. The number of alkyl halides is 6. The lowest BCUT2D eigenvalue weighted by Gasteiger charge is -2.13. The van der Waals surface area contributed by atoms with Crippen LogP contribution in [0, 0.1) is 0 Å². The molecular weight excluding hydrogens is 354 g/mol. The summed E-state index contributed by atoms with van der Waals surface area (Å²) in [4.78, 5) is 11.3. The van der Waals surface area contributed by atoms with Crippen LogP contribution in [0.15, 0.2) is 18.2 Å². The van der Waals surface area contributed by atoms with E-state index in [1.807, 2.05) is 5.32 Å². The monoisotopic (exact) mass is 366 g/mol. The Morgan fingerprint density at radius 1 is 1.13 bits per heavy atom. The second-order valence-corrected chi connectivity index (χ2v) is 4.28. The number of hydrogen-bond donors (Lipinski definition) is 2. The number of hydrogen-bond acceptors (Lipinski definition) is 3. The van der Waals surface area contributed by atoms with Gasteiger partial charge in [-0.1, -0.05) is 0 Å². The number of benzene rings is 1. The Morgan fingerprint density at radius 3 is 2.22 bits per heavy atom. The molecule has 0 aliphatic rings. The van der Waals surface area contributed by atoms with Crippen molar-refractivity contribution in [1.29, 1.82) is 0 Å². The molecule has 0 saturated carbocycles. The molecule has 3 N–H and O–H groups in total. The molecule has 0 fully saturated rings. The van der Waals surface area contributed by atoms with Crippen LogP contribution >= 0.6 is 12.4 Å². The molecule has 0 spiro atoms. The van der Waals surface area contributed by atoms with E-state index in [0.29, 0.717) is 6.07 Å². The van der Waals surface area contributed by atoms with Gasteiger partial charge < -0.3 is 15.8 Å². The third-order valence-corrected chi connectivity index (χ3v) is 2.34. The minimum Gasteiger partial charge on any atom is -0.362 e. The second kappa shape index (κ2) is 8.37. The molecule has 0 saturated heterocycles. The summed E-state index contributed by atoms with van der Waals surface area (Å²) in [6, 6.07) is 2.66. The number of carbonyl (C=O) groups is 1. The van der Waals surface area contributed by atoms with Crippen LogP contribution < -0.4 is 11.1 Å². The van der Waals surface area contributed by atoms with Crippen molar-refractivity contribution in [3.63, 3.8) is 0 Å². The van der Waals surface area contributed by atoms with Crippen molar-refractivity contribution in [2.24, 2.45) is 5.73 Å². The number of rotatable bonds is 5. The average molecular weight is 367 g/mol. The SMILES string of the molecule is Cl.NCc1cc(NC(=O)COCC(F)(F)F)cc(C(F)(F)F)c1. The van der Waals surface area contributed by atoms with Gasteiger partial charge in [0.05, 0.1) is 5.56 Å². The minimum absolute atomic E-state index is 0. The van der Waals surface area contributed by atoms with Crippen LogP contribution in [0.3, 0.4) is 0 Å². The highest BCUT2D eigenvalue weighted by molar-refractivity contribution is 5.91. The van der Waals surface area contributed by atoms with Crippen LogP contribution in [0.1, 0.15) is 11.1 Å². The summed E-state index contributed by atoms with van der Waals surface area (Å²) in [5, 5.41) is 2.03. The molecule has 1 amide bonds. The number of anilines is 1. The zero-order chi connectivity index (χ0) is 17.0. The first kappa shape index (κ1) is 21.5. The molecule has 0 radical (unpaired) electrons. The summed E-state index contributed by atoms with van der Waals surface area (Å²) in [5.74, 6) is -1.01. The molecule has 0 aliphatic carbocycles. The summed E-state index contributed by atoms with van der Waals surface area (Å²) >= 11 is 0. The molecule has 0 aromatic heterocycles. The van der Waals surface area contributed by atoms with Crippen LogP contribution in [0.25, 0.3) is 0 Å². The minimum atomic E-state index is -4.64. The van der Waals surface area contributed by atoms with Gasteiger partial charge in [0.1, 0.15) is 13.2 Å². The van der Waals surface area contributed by atoms with Crippen LogP contribution in [0.2, 0.25) is 0 Å². The highest BCUT2D eigenvalue weighted by Crippen LogP contribution is 2.32. The van der Waals surface area contributed by atoms with Gasteiger partial charge in [-0.15, -0.1) is 12.4 Å². The maximum Gasteiger partial charge on any atom is 0.416 e. The lowest BCUT2D eigenvalue weighted by molar-refractivity contribution is -0.174. The van der Waals surface area contributed by atoms with Gasteiger partial charge in [-0.05, 0) is 23.8 Å². The van der Waals surface area contributed by atoms with Crippen LogP contribution in [-0.4, -0.2) is 25.3 Å². The lowest BCUT2D eigenvalue weighted by Crippen LogP contribution is -2.24. The number of carbonyl (C=O) groups excluding carboxylic acids is 1. The van der Waals surface area contributed by atoms with Gasteiger partial charge in [0.2, 0.25) is 5.91 Å². The van der Waals surface area contributed by atoms with Crippen LogP contribution in [0.4, 0.5) is 32.0 Å². The molecule has 4 nitrogen and oxygen atoms in total. The van der Waals surface area contributed by atoms with E-state index in [4.69, 9.17) is 5.73 Å². The Hall–Kier alpha value is -1.52. The van der Waals surface area contributed by atoms with E-state index in [1.165, 1.54) is 6.07 Å². The summed E-state index contributed by atoms with van der Waals surface area (Å²) in [6.45, 7) is -2.76. The molecule has 0 atom stereocenters. The molecule has 1 rings (SSSR count). The van der Waals surface area contributed by atoms with Gasteiger partial charge in [0, 0.05) is 12.2 Å². The highest BCUT2D eigenvalue weighted by atomic mass is 35.5. The molecule has 1 aromatic rings. The van der Waals surface area contributed by atoms with Crippen molar-refractivity contribution in [3.8, 4) is 0 Å². The van der Waals surface area contributed by atoms with E-state index >= 15 is 0 Å². The topological polar surface area (TPSA) is 64.3 Å². The zero-order valence-corrected chi connectivity index (χ0v) is 12.2. The number of nitrogens with one attached hydrogen (secondary N) is 1. The van der Waals surface area contributed by atoms with Crippen molar-refractivity contribution >= 4 is 24.0 Å². The Kier molecular flexibility index (Phi) is 7.81. The standard InChI is InChI=1S/C12H12F6N2O2.ClH/c13-11(14,15)6-22-5-10(21)20-9-2-7(4-19)1-8(3-9)12(16,17)18;/h1-3H,4-6,19H2,(H,20,21);1H. The average Bonchev–Trinajstić information content (AvgIpc) is 2.35. The molecule has 0 bridgehead atoms. The predicted molar refractivity (Wildman–Crippen MR) is 72.1 cm³/mol. The fourth-order valence-corrected chi connectivity index (χ4v) is 1.50. The fraction of sp³-hybridized carbons (Fsp3) is 0.417. The molecule has 132 valence electrons. The Balaban J connectivity index is 0.00000484. The predicted octanol–water partition coefficient (Wildman–Crippen LogP) is 3.10.